The number of carbonyl (C=O) groups excluding carboxylic acids is 2. The van der Waals surface area contributed by atoms with Crippen LogP contribution in [0.25, 0.3) is 6.08 Å². The summed E-state index contributed by atoms with van der Waals surface area (Å²) in [5.74, 6) is -1.16. The Hall–Kier alpha value is -2.88. The summed E-state index contributed by atoms with van der Waals surface area (Å²) < 4.78 is 0. The zero-order valence-corrected chi connectivity index (χ0v) is 22.4. The van der Waals surface area contributed by atoms with Crippen LogP contribution in [0.5, 0.6) is 0 Å². The van der Waals surface area contributed by atoms with E-state index in [0.29, 0.717) is 67.7 Å². The van der Waals surface area contributed by atoms with Crippen LogP contribution in [0.2, 0.25) is 10.0 Å². The second-order valence-electron chi connectivity index (χ2n) is 8.96. The lowest BCUT2D eigenvalue weighted by atomic mass is 9.97. The largest absolute Gasteiger partial charge is 0.481 e. The fourth-order valence-electron chi connectivity index (χ4n) is 4.42. The number of anilines is 1. The number of benzene rings is 2. The molecule has 0 spiro atoms. The highest BCUT2D eigenvalue weighted by Crippen LogP contribution is 2.40. The highest BCUT2D eigenvalue weighted by molar-refractivity contribution is 7.99. The van der Waals surface area contributed by atoms with Crippen molar-refractivity contribution < 1.29 is 19.5 Å². The molecule has 0 unspecified atom stereocenters. The van der Waals surface area contributed by atoms with Crippen LogP contribution >= 0.6 is 35.0 Å². The number of piperidine rings is 1. The van der Waals surface area contributed by atoms with E-state index in [1.807, 2.05) is 30.3 Å². The molecule has 2 aromatic rings. The Morgan fingerprint density at radius 1 is 0.946 bits per heavy atom. The number of aliphatic carboxylic acids is 1. The predicted molar refractivity (Wildman–Crippen MR) is 146 cm³/mol. The lowest BCUT2D eigenvalue weighted by molar-refractivity contribution is -0.142. The number of primary amides is 1. The van der Waals surface area contributed by atoms with Crippen LogP contribution in [0.1, 0.15) is 18.4 Å². The van der Waals surface area contributed by atoms with Gasteiger partial charge in [-0.15, -0.1) is 0 Å². The Balaban J connectivity index is 1.39. The fourth-order valence-corrected chi connectivity index (χ4v) is 5.90. The first-order chi connectivity index (χ1) is 17.7. The third-order valence-corrected chi connectivity index (χ3v) is 8.70. The third-order valence-electron chi connectivity index (χ3n) is 6.64. The maximum absolute atomic E-state index is 12.6. The van der Waals surface area contributed by atoms with Gasteiger partial charge >= 0.3 is 12.0 Å². The van der Waals surface area contributed by atoms with Gasteiger partial charge in [0.2, 0.25) is 5.91 Å². The van der Waals surface area contributed by atoms with Gasteiger partial charge in [0, 0.05) is 60.8 Å². The second-order valence-corrected chi connectivity index (χ2v) is 10.8. The standard InChI is InChI=1S/C26H28Cl2N4O4S/c27-23-17(5-7-22(33)31-12-14-32(15-13-31)26(29)36)4-6-21(24(23)28)37-20-3-1-2-19(16-20)30-10-8-18(9-11-30)25(34)35/h1-7,16,18H,8-15H2,(H2,29,36)(H,34,35). The summed E-state index contributed by atoms with van der Waals surface area (Å²) >= 11 is 14.6. The Kier molecular flexibility index (Phi) is 8.89. The van der Waals surface area contributed by atoms with Gasteiger partial charge < -0.3 is 25.5 Å². The molecule has 4 rings (SSSR count). The van der Waals surface area contributed by atoms with Gasteiger partial charge in [-0.2, -0.15) is 0 Å². The molecule has 2 saturated heterocycles. The van der Waals surface area contributed by atoms with Crippen molar-refractivity contribution in [1.29, 1.82) is 0 Å². The van der Waals surface area contributed by atoms with E-state index in [0.717, 1.165) is 15.5 Å². The number of carboxylic acids is 1. The van der Waals surface area contributed by atoms with E-state index in [1.165, 1.54) is 22.7 Å². The molecule has 3 amide bonds. The molecule has 0 saturated carbocycles. The SMILES string of the molecule is NC(=O)N1CCN(C(=O)C=Cc2ccc(Sc3cccc(N4CCC(C(=O)O)CC4)c3)c(Cl)c2Cl)CC1. The summed E-state index contributed by atoms with van der Waals surface area (Å²) in [6, 6.07) is 11.3. The number of nitrogens with zero attached hydrogens (tertiary/aromatic N) is 3. The minimum atomic E-state index is -0.721. The van der Waals surface area contributed by atoms with Gasteiger partial charge in [-0.25, -0.2) is 4.79 Å². The van der Waals surface area contributed by atoms with Gasteiger partial charge in [0.05, 0.1) is 16.0 Å². The molecule has 2 aliphatic rings. The topological polar surface area (TPSA) is 107 Å². The number of nitrogens with two attached hydrogens (primary N) is 1. The average Bonchev–Trinajstić information content (AvgIpc) is 2.91. The normalized spacial score (nSPS) is 16.9. The summed E-state index contributed by atoms with van der Waals surface area (Å²) in [6.07, 6.45) is 4.37. The number of carbonyl (C=O) groups is 3. The Labute approximate surface area is 230 Å². The maximum Gasteiger partial charge on any atom is 0.314 e. The van der Waals surface area contributed by atoms with Crippen LogP contribution in [0.3, 0.4) is 0 Å². The molecular formula is C26H28Cl2N4O4S. The Bertz CT molecular complexity index is 1210. The first-order valence-electron chi connectivity index (χ1n) is 12.0. The predicted octanol–water partition coefficient (Wildman–Crippen LogP) is 4.68. The zero-order chi connectivity index (χ0) is 26.5. The first-order valence-corrected chi connectivity index (χ1v) is 13.5. The number of piperazine rings is 1. The van der Waals surface area contributed by atoms with Gasteiger partial charge in [0.15, 0.2) is 0 Å². The minimum Gasteiger partial charge on any atom is -0.481 e. The summed E-state index contributed by atoms with van der Waals surface area (Å²) in [4.78, 5) is 42.2. The molecule has 2 aromatic carbocycles. The van der Waals surface area contributed by atoms with Crippen molar-refractivity contribution in [2.45, 2.75) is 22.6 Å². The average molecular weight is 564 g/mol. The molecule has 11 heteroatoms. The molecule has 37 heavy (non-hydrogen) atoms. The number of urea groups is 1. The summed E-state index contributed by atoms with van der Waals surface area (Å²) in [5, 5.41) is 10.0. The molecule has 8 nitrogen and oxygen atoms in total. The zero-order valence-electron chi connectivity index (χ0n) is 20.1. The first kappa shape index (κ1) is 27.2. The molecule has 0 radical (unpaired) electrons. The van der Waals surface area contributed by atoms with Crippen LogP contribution in [-0.4, -0.2) is 72.1 Å². The number of hydrogen-bond donors (Lipinski definition) is 2. The molecule has 0 aromatic heterocycles. The monoisotopic (exact) mass is 562 g/mol. The molecular weight excluding hydrogens is 535 g/mol. The maximum atomic E-state index is 12.6. The number of hydrogen-bond acceptors (Lipinski definition) is 5. The number of rotatable bonds is 6. The summed E-state index contributed by atoms with van der Waals surface area (Å²) in [5.41, 5.74) is 6.97. The van der Waals surface area contributed by atoms with E-state index in [1.54, 1.807) is 11.0 Å². The Morgan fingerprint density at radius 3 is 2.27 bits per heavy atom. The number of carboxylic acid groups (broad SMARTS) is 1. The molecule has 2 heterocycles. The molecule has 2 fully saturated rings. The van der Waals surface area contributed by atoms with E-state index < -0.39 is 12.0 Å². The quantitative estimate of drug-likeness (QED) is 0.495. The van der Waals surface area contributed by atoms with Crippen molar-refractivity contribution in [1.82, 2.24) is 9.80 Å². The highest BCUT2D eigenvalue weighted by Gasteiger charge is 2.25. The van der Waals surface area contributed by atoms with E-state index >= 15 is 0 Å². The van der Waals surface area contributed by atoms with E-state index in [2.05, 4.69) is 11.0 Å². The summed E-state index contributed by atoms with van der Waals surface area (Å²) in [7, 11) is 0. The third kappa shape index (κ3) is 6.71. The smallest absolute Gasteiger partial charge is 0.314 e. The Morgan fingerprint density at radius 2 is 1.62 bits per heavy atom. The van der Waals surface area contributed by atoms with Crippen molar-refractivity contribution >= 4 is 64.6 Å². The van der Waals surface area contributed by atoms with Gasteiger partial charge in [-0.05, 0) is 48.7 Å². The van der Waals surface area contributed by atoms with Gasteiger partial charge in [0.1, 0.15) is 0 Å². The summed E-state index contributed by atoms with van der Waals surface area (Å²) in [6.45, 7) is 3.08. The van der Waals surface area contributed by atoms with Crippen molar-refractivity contribution in [3.05, 3.63) is 58.1 Å². The van der Waals surface area contributed by atoms with Gasteiger partial charge in [-0.1, -0.05) is 47.1 Å². The molecule has 0 bridgehead atoms. The second kappa shape index (κ2) is 12.1. The lowest BCUT2D eigenvalue weighted by Crippen LogP contribution is -2.51. The van der Waals surface area contributed by atoms with Crippen LogP contribution in [-0.2, 0) is 9.59 Å². The van der Waals surface area contributed by atoms with Crippen molar-refractivity contribution in [2.75, 3.05) is 44.2 Å². The highest BCUT2D eigenvalue weighted by atomic mass is 35.5. The molecule has 0 atom stereocenters. The van der Waals surface area contributed by atoms with Crippen LogP contribution in [0, 0.1) is 5.92 Å². The number of halogens is 2. The molecule has 3 N–H and O–H groups in total. The fraction of sp³-hybridized carbons (Fsp3) is 0.346. The van der Waals surface area contributed by atoms with E-state index in [4.69, 9.17) is 28.9 Å². The molecule has 0 aliphatic carbocycles. The number of amides is 3. The van der Waals surface area contributed by atoms with Crippen molar-refractivity contribution in [2.24, 2.45) is 11.7 Å². The minimum absolute atomic E-state index is 0.168. The van der Waals surface area contributed by atoms with Crippen LogP contribution < -0.4 is 10.6 Å². The van der Waals surface area contributed by atoms with Crippen molar-refractivity contribution in [3.63, 3.8) is 0 Å². The van der Waals surface area contributed by atoms with Crippen LogP contribution in [0.4, 0.5) is 10.5 Å². The van der Waals surface area contributed by atoms with Crippen molar-refractivity contribution in [3.8, 4) is 0 Å². The van der Waals surface area contributed by atoms with Crippen LogP contribution in [0.15, 0.2) is 52.3 Å². The van der Waals surface area contributed by atoms with E-state index in [9.17, 15) is 19.5 Å². The van der Waals surface area contributed by atoms with Gasteiger partial charge in [-0.3, -0.25) is 9.59 Å². The van der Waals surface area contributed by atoms with Gasteiger partial charge in [0.25, 0.3) is 0 Å². The van der Waals surface area contributed by atoms with E-state index in [-0.39, 0.29) is 11.8 Å². The lowest BCUT2D eigenvalue weighted by Gasteiger charge is -2.33. The molecule has 196 valence electrons. The molecule has 2 aliphatic heterocycles.